The lowest BCUT2D eigenvalue weighted by Crippen LogP contribution is -2.54. The minimum Gasteiger partial charge on any atom is -0.375 e. The Morgan fingerprint density at radius 1 is 1.38 bits per heavy atom. The quantitative estimate of drug-likeness (QED) is 0.894. The summed E-state index contributed by atoms with van der Waals surface area (Å²) < 4.78 is 6.09. The summed E-state index contributed by atoms with van der Waals surface area (Å²) in [5, 5.41) is 5.24. The molecule has 1 aromatic rings. The first-order valence-corrected chi connectivity index (χ1v) is 9.20. The first-order chi connectivity index (χ1) is 10.0. The molecule has 1 N–H and O–H groups in total. The van der Waals surface area contributed by atoms with Crippen LogP contribution < -0.4 is 5.32 Å². The molecule has 2 fully saturated rings. The third kappa shape index (κ3) is 3.03. The van der Waals surface area contributed by atoms with Crippen LogP contribution >= 0.6 is 11.3 Å². The fourth-order valence-corrected chi connectivity index (χ4v) is 4.61. The molecule has 0 spiro atoms. The van der Waals surface area contributed by atoms with Crippen LogP contribution in [0.2, 0.25) is 0 Å². The highest BCUT2D eigenvalue weighted by Crippen LogP contribution is 2.44. The Hall–Kier alpha value is -0.450. The van der Waals surface area contributed by atoms with Gasteiger partial charge < -0.3 is 10.1 Å². The summed E-state index contributed by atoms with van der Waals surface area (Å²) in [6, 6.07) is 0.693. The second kappa shape index (κ2) is 5.64. The fourth-order valence-electron chi connectivity index (χ4n) is 3.42. The van der Waals surface area contributed by atoms with Gasteiger partial charge in [-0.25, -0.2) is 4.98 Å². The van der Waals surface area contributed by atoms with Gasteiger partial charge in [0, 0.05) is 23.9 Å². The molecule has 118 valence electrons. The zero-order chi connectivity index (χ0) is 15.1. The number of nitrogens with one attached hydrogen (secondary N) is 1. The molecule has 0 aromatic carbocycles. The molecule has 1 saturated heterocycles. The van der Waals surface area contributed by atoms with Gasteiger partial charge in [0.2, 0.25) is 0 Å². The molecule has 3 rings (SSSR count). The topological polar surface area (TPSA) is 34.2 Å². The largest absolute Gasteiger partial charge is 0.375 e. The van der Waals surface area contributed by atoms with Crippen molar-refractivity contribution < 1.29 is 4.74 Å². The van der Waals surface area contributed by atoms with Crippen LogP contribution in [0.25, 0.3) is 0 Å². The number of thiazole rings is 1. The van der Waals surface area contributed by atoms with Gasteiger partial charge in [-0.15, -0.1) is 11.3 Å². The molecule has 2 unspecified atom stereocenters. The van der Waals surface area contributed by atoms with Crippen LogP contribution in [0.3, 0.4) is 0 Å². The predicted octanol–water partition coefficient (Wildman–Crippen LogP) is 3.94. The van der Waals surface area contributed by atoms with Crippen LogP contribution in [0.1, 0.15) is 68.5 Å². The van der Waals surface area contributed by atoms with Crippen LogP contribution in [-0.4, -0.2) is 23.2 Å². The molecule has 4 heteroatoms. The van der Waals surface area contributed by atoms with Crippen molar-refractivity contribution in [1.29, 1.82) is 0 Å². The summed E-state index contributed by atoms with van der Waals surface area (Å²) in [5.74, 6) is 0. The monoisotopic (exact) mass is 308 g/mol. The van der Waals surface area contributed by atoms with E-state index in [4.69, 9.17) is 9.72 Å². The smallest absolute Gasteiger partial charge is 0.113 e. The normalized spacial score (nSPS) is 33.3. The second-order valence-electron chi connectivity index (χ2n) is 6.95. The van der Waals surface area contributed by atoms with Crippen molar-refractivity contribution >= 4 is 11.3 Å². The Kier molecular flexibility index (Phi) is 4.15. The van der Waals surface area contributed by atoms with E-state index in [9.17, 15) is 0 Å². The molecule has 1 aliphatic carbocycles. The zero-order valence-electron chi connectivity index (χ0n) is 13.8. The van der Waals surface area contributed by atoms with E-state index >= 15 is 0 Å². The fraction of sp³-hybridized carbons (Fsp3) is 0.824. The maximum atomic E-state index is 6.09. The summed E-state index contributed by atoms with van der Waals surface area (Å²) in [5.41, 5.74) is 1.29. The van der Waals surface area contributed by atoms with Crippen LogP contribution in [0.15, 0.2) is 0 Å². The molecule has 0 radical (unpaired) electrons. The van der Waals surface area contributed by atoms with E-state index < -0.39 is 0 Å². The molecule has 1 aliphatic heterocycles. The van der Waals surface area contributed by atoms with E-state index in [0.29, 0.717) is 6.04 Å². The van der Waals surface area contributed by atoms with Gasteiger partial charge in [-0.3, -0.25) is 0 Å². The molecular weight excluding hydrogens is 280 g/mol. The maximum absolute atomic E-state index is 6.09. The van der Waals surface area contributed by atoms with Crippen molar-refractivity contribution in [1.82, 2.24) is 10.3 Å². The first-order valence-electron chi connectivity index (χ1n) is 8.39. The van der Waals surface area contributed by atoms with Gasteiger partial charge in [0.25, 0.3) is 0 Å². The van der Waals surface area contributed by atoms with Gasteiger partial charge >= 0.3 is 0 Å². The lowest BCUT2D eigenvalue weighted by atomic mass is 9.79. The summed E-state index contributed by atoms with van der Waals surface area (Å²) in [6.45, 7) is 9.74. The molecule has 3 nitrogen and oxygen atoms in total. The molecule has 2 aliphatic rings. The molecule has 1 saturated carbocycles. The number of nitrogens with zero attached hydrogens (tertiary/aromatic N) is 1. The van der Waals surface area contributed by atoms with E-state index in [1.807, 2.05) is 11.3 Å². The maximum Gasteiger partial charge on any atom is 0.113 e. The molecule has 2 atom stereocenters. The van der Waals surface area contributed by atoms with Crippen LogP contribution in [0.4, 0.5) is 0 Å². The average Bonchev–Trinajstić information content (AvgIpc) is 3.18. The molecule has 0 amide bonds. The van der Waals surface area contributed by atoms with Crippen molar-refractivity contribution in [3.8, 4) is 0 Å². The minimum atomic E-state index is -0.0217. The Labute approximate surface area is 132 Å². The van der Waals surface area contributed by atoms with Gasteiger partial charge in [-0.1, -0.05) is 13.8 Å². The van der Waals surface area contributed by atoms with Crippen molar-refractivity contribution in [2.45, 2.75) is 83.4 Å². The first kappa shape index (κ1) is 15.4. The third-order valence-electron chi connectivity index (χ3n) is 5.10. The number of aryl methyl sites for hydroxylation is 2. The Morgan fingerprint density at radius 3 is 2.71 bits per heavy atom. The lowest BCUT2D eigenvalue weighted by Gasteiger charge is -2.46. The molecule has 2 heterocycles. The summed E-state index contributed by atoms with van der Waals surface area (Å²) in [7, 11) is 0. The number of hydrogen-bond donors (Lipinski definition) is 1. The van der Waals surface area contributed by atoms with Crippen molar-refractivity contribution in [2.75, 3.05) is 6.61 Å². The van der Waals surface area contributed by atoms with Crippen LogP contribution in [-0.2, 0) is 16.7 Å². The van der Waals surface area contributed by atoms with Crippen LogP contribution in [0.5, 0.6) is 0 Å². The predicted molar refractivity (Wildman–Crippen MR) is 87.9 cm³/mol. The highest BCUT2D eigenvalue weighted by molar-refractivity contribution is 7.11. The van der Waals surface area contributed by atoms with E-state index in [1.165, 1.54) is 28.4 Å². The number of ether oxygens (including phenoxy) is 1. The van der Waals surface area contributed by atoms with Crippen molar-refractivity contribution in [3.63, 3.8) is 0 Å². The van der Waals surface area contributed by atoms with E-state index in [-0.39, 0.29) is 11.1 Å². The second-order valence-corrected chi connectivity index (χ2v) is 8.16. The molecular formula is C17H28N2OS. The zero-order valence-corrected chi connectivity index (χ0v) is 14.6. The third-order valence-corrected chi connectivity index (χ3v) is 6.31. The van der Waals surface area contributed by atoms with Gasteiger partial charge in [0.05, 0.1) is 16.8 Å². The Balaban J connectivity index is 1.95. The number of hydrogen-bond acceptors (Lipinski definition) is 4. The highest BCUT2D eigenvalue weighted by atomic mass is 32.1. The van der Waals surface area contributed by atoms with E-state index in [0.717, 1.165) is 32.3 Å². The Morgan fingerprint density at radius 2 is 2.14 bits per heavy atom. The molecule has 1 aromatic heterocycles. The summed E-state index contributed by atoms with van der Waals surface area (Å²) in [4.78, 5) is 6.39. The van der Waals surface area contributed by atoms with Crippen molar-refractivity contribution in [2.24, 2.45) is 0 Å². The highest BCUT2D eigenvalue weighted by Gasteiger charge is 2.47. The number of rotatable bonds is 5. The number of aromatic nitrogens is 1. The SMILES string of the molecule is CCc1nc(C2(NC3CC3)CCOC(C)(CC)C2)sc1C. The lowest BCUT2D eigenvalue weighted by molar-refractivity contribution is -0.104. The van der Waals surface area contributed by atoms with Gasteiger partial charge in [0.15, 0.2) is 0 Å². The molecule has 21 heavy (non-hydrogen) atoms. The average molecular weight is 308 g/mol. The Bertz CT molecular complexity index is 511. The minimum absolute atomic E-state index is 0.0217. The van der Waals surface area contributed by atoms with Crippen molar-refractivity contribution in [3.05, 3.63) is 15.6 Å². The van der Waals surface area contributed by atoms with Gasteiger partial charge in [-0.2, -0.15) is 0 Å². The standard InChI is InChI=1S/C17H28N2OS/c1-5-14-12(3)21-15(18-14)17(19-13-7-8-13)9-10-20-16(4,6-2)11-17/h13,19H,5-11H2,1-4H3. The van der Waals surface area contributed by atoms with Gasteiger partial charge in [-0.05, 0) is 46.0 Å². The summed E-state index contributed by atoms with van der Waals surface area (Å²) >= 11 is 1.90. The van der Waals surface area contributed by atoms with Gasteiger partial charge in [0.1, 0.15) is 5.01 Å². The van der Waals surface area contributed by atoms with E-state index in [1.54, 1.807) is 0 Å². The van der Waals surface area contributed by atoms with E-state index in [2.05, 4.69) is 33.0 Å². The molecule has 0 bridgehead atoms. The summed E-state index contributed by atoms with van der Waals surface area (Å²) in [6.07, 6.45) is 6.82. The van der Waals surface area contributed by atoms with Crippen LogP contribution in [0, 0.1) is 6.92 Å².